The molecule has 2 fully saturated rings. The van der Waals surface area contributed by atoms with Crippen LogP contribution in [0.4, 0.5) is 0 Å². The zero-order chi connectivity index (χ0) is 22.9. The molecule has 6 heteroatoms. The molecule has 2 N–H and O–H groups in total. The fraction of sp³-hybridized carbons (Fsp3) is 0.519. The molecule has 5 aliphatic rings. The minimum atomic E-state index is -0.596. The lowest BCUT2D eigenvalue weighted by Gasteiger charge is -2.53. The molecule has 6 rings (SSSR count). The van der Waals surface area contributed by atoms with Gasteiger partial charge in [0, 0.05) is 23.4 Å². The van der Waals surface area contributed by atoms with Gasteiger partial charge in [-0.25, -0.2) is 0 Å². The van der Waals surface area contributed by atoms with Gasteiger partial charge >= 0.3 is 0 Å². The van der Waals surface area contributed by atoms with E-state index in [4.69, 9.17) is 9.47 Å². The third-order valence-corrected chi connectivity index (χ3v) is 8.65. The highest BCUT2D eigenvalue weighted by Gasteiger charge is 2.67. The number of ether oxygens (including phenoxy) is 2. The van der Waals surface area contributed by atoms with Gasteiger partial charge in [-0.2, -0.15) is 0 Å². The van der Waals surface area contributed by atoms with E-state index >= 15 is 0 Å². The molecule has 33 heavy (non-hydrogen) atoms. The molecule has 1 spiro atoms. The van der Waals surface area contributed by atoms with Gasteiger partial charge in [0.15, 0.2) is 0 Å². The first-order valence-corrected chi connectivity index (χ1v) is 12.0. The number of amides is 1. The third-order valence-electron chi connectivity index (χ3n) is 8.65. The Kier molecular flexibility index (Phi) is 4.84. The van der Waals surface area contributed by atoms with Gasteiger partial charge in [-0.3, -0.25) is 4.79 Å². The van der Waals surface area contributed by atoms with Crippen molar-refractivity contribution in [1.82, 2.24) is 10.2 Å². The highest BCUT2D eigenvalue weighted by atomic mass is 16.5. The van der Waals surface area contributed by atoms with Gasteiger partial charge in [0.25, 0.3) is 0 Å². The van der Waals surface area contributed by atoms with Gasteiger partial charge in [0.1, 0.15) is 18.0 Å². The van der Waals surface area contributed by atoms with E-state index in [2.05, 4.69) is 36.3 Å². The van der Waals surface area contributed by atoms with Crippen molar-refractivity contribution < 1.29 is 19.4 Å². The van der Waals surface area contributed by atoms with E-state index in [9.17, 15) is 9.90 Å². The molecule has 0 radical (unpaired) electrons. The van der Waals surface area contributed by atoms with Crippen LogP contribution in [-0.4, -0.2) is 67.0 Å². The van der Waals surface area contributed by atoms with Crippen molar-refractivity contribution in [1.29, 1.82) is 0 Å². The SMILES string of the molecule is COc1ccc(CC(=O)NC(C)C2=CC3C4CC5=C6C(OC2C63CCN4C)C(O)C=C5)cc1. The van der Waals surface area contributed by atoms with Gasteiger partial charge in [-0.15, -0.1) is 0 Å². The van der Waals surface area contributed by atoms with Crippen LogP contribution in [0.2, 0.25) is 0 Å². The first-order valence-electron chi connectivity index (χ1n) is 12.0. The van der Waals surface area contributed by atoms with Crippen LogP contribution in [-0.2, 0) is 16.0 Å². The lowest BCUT2D eigenvalue weighted by Crippen LogP contribution is -2.56. The molecule has 2 saturated heterocycles. The Hall–Kier alpha value is -2.41. The summed E-state index contributed by atoms with van der Waals surface area (Å²) in [5.74, 6) is 1.14. The highest BCUT2D eigenvalue weighted by molar-refractivity contribution is 5.79. The Labute approximate surface area is 194 Å². The van der Waals surface area contributed by atoms with Gasteiger partial charge < -0.3 is 24.8 Å². The van der Waals surface area contributed by atoms with Crippen LogP contribution in [0.1, 0.15) is 25.3 Å². The normalized spacial score (nSPS) is 37.0. The first-order chi connectivity index (χ1) is 15.9. The summed E-state index contributed by atoms with van der Waals surface area (Å²) in [7, 11) is 3.86. The monoisotopic (exact) mass is 448 g/mol. The number of hydrogen-bond acceptors (Lipinski definition) is 5. The van der Waals surface area contributed by atoms with E-state index in [1.807, 2.05) is 30.3 Å². The molecular weight excluding hydrogens is 416 g/mol. The summed E-state index contributed by atoms with van der Waals surface area (Å²) in [5, 5.41) is 13.9. The Morgan fingerprint density at radius 3 is 2.91 bits per heavy atom. The topological polar surface area (TPSA) is 71.0 Å². The molecular formula is C27H32N2O4. The maximum atomic E-state index is 12.9. The smallest absolute Gasteiger partial charge is 0.224 e. The summed E-state index contributed by atoms with van der Waals surface area (Å²) in [6.45, 7) is 3.10. The number of benzene rings is 1. The third kappa shape index (κ3) is 3.00. The molecule has 2 bridgehead atoms. The van der Waals surface area contributed by atoms with E-state index in [-0.39, 0.29) is 29.6 Å². The molecule has 0 saturated carbocycles. The molecule has 2 heterocycles. The predicted octanol–water partition coefficient (Wildman–Crippen LogP) is 2.39. The minimum absolute atomic E-state index is 0.00181. The fourth-order valence-corrected chi connectivity index (χ4v) is 7.10. The van der Waals surface area contributed by atoms with Gasteiger partial charge in [0.2, 0.25) is 5.91 Å². The molecule has 1 amide bonds. The molecule has 7 unspecified atom stereocenters. The minimum Gasteiger partial charge on any atom is -0.497 e. The number of rotatable bonds is 5. The zero-order valence-corrected chi connectivity index (χ0v) is 19.5. The number of methoxy groups -OCH3 is 1. The number of carbonyl (C=O) groups is 1. The van der Waals surface area contributed by atoms with Crippen molar-refractivity contribution in [3.05, 3.63) is 64.8 Å². The number of aliphatic hydroxyl groups is 1. The van der Waals surface area contributed by atoms with Gasteiger partial charge in [-0.05, 0) is 67.8 Å². The van der Waals surface area contributed by atoms with Crippen molar-refractivity contribution in [3.8, 4) is 5.75 Å². The van der Waals surface area contributed by atoms with Crippen LogP contribution in [0.3, 0.4) is 0 Å². The number of nitrogens with zero attached hydrogens (tertiary/aromatic N) is 1. The molecule has 7 atom stereocenters. The lowest BCUT2D eigenvalue weighted by molar-refractivity contribution is -0.121. The number of aliphatic hydroxyl groups excluding tert-OH is 1. The summed E-state index contributed by atoms with van der Waals surface area (Å²) in [5.41, 5.74) is 4.73. The molecule has 174 valence electrons. The van der Waals surface area contributed by atoms with Crippen molar-refractivity contribution >= 4 is 5.91 Å². The Bertz CT molecular complexity index is 1070. The molecule has 6 nitrogen and oxygen atoms in total. The summed E-state index contributed by atoms with van der Waals surface area (Å²) in [6, 6.07) is 7.92. The van der Waals surface area contributed by atoms with E-state index in [1.54, 1.807) is 7.11 Å². The fourth-order valence-electron chi connectivity index (χ4n) is 7.10. The average molecular weight is 449 g/mol. The second-order valence-corrected chi connectivity index (χ2v) is 10.3. The number of likely N-dealkylation sites (tertiary alicyclic amines) is 1. The highest BCUT2D eigenvalue weighted by Crippen LogP contribution is 2.66. The zero-order valence-electron chi connectivity index (χ0n) is 19.5. The summed E-state index contributed by atoms with van der Waals surface area (Å²) >= 11 is 0. The number of carbonyl (C=O) groups excluding carboxylic acids is 1. The van der Waals surface area contributed by atoms with E-state index in [1.165, 1.54) is 16.7 Å². The van der Waals surface area contributed by atoms with Gasteiger partial charge in [0.05, 0.1) is 19.6 Å². The molecule has 3 aliphatic carbocycles. The molecule has 1 aromatic carbocycles. The van der Waals surface area contributed by atoms with Crippen LogP contribution in [0.15, 0.2) is 59.2 Å². The maximum Gasteiger partial charge on any atom is 0.224 e. The van der Waals surface area contributed by atoms with Crippen molar-refractivity contribution in [2.45, 2.75) is 56.6 Å². The van der Waals surface area contributed by atoms with E-state index in [0.29, 0.717) is 18.4 Å². The molecule has 0 aromatic heterocycles. The van der Waals surface area contributed by atoms with Crippen molar-refractivity contribution in [2.24, 2.45) is 11.3 Å². The first kappa shape index (κ1) is 21.1. The summed E-state index contributed by atoms with van der Waals surface area (Å²) < 4.78 is 11.9. The van der Waals surface area contributed by atoms with Crippen molar-refractivity contribution in [3.63, 3.8) is 0 Å². The maximum absolute atomic E-state index is 12.9. The van der Waals surface area contributed by atoms with Crippen LogP contribution < -0.4 is 10.1 Å². The second kappa shape index (κ2) is 7.55. The van der Waals surface area contributed by atoms with E-state index in [0.717, 1.165) is 30.7 Å². The van der Waals surface area contributed by atoms with Gasteiger partial charge in [-0.1, -0.05) is 30.4 Å². The molecule has 2 aliphatic heterocycles. The number of hydrogen-bond donors (Lipinski definition) is 2. The Morgan fingerprint density at radius 1 is 1.36 bits per heavy atom. The lowest BCUT2D eigenvalue weighted by atomic mass is 9.56. The average Bonchev–Trinajstić information content (AvgIpc) is 3.32. The number of piperidine rings is 1. The van der Waals surface area contributed by atoms with Crippen LogP contribution in [0.5, 0.6) is 5.75 Å². The van der Waals surface area contributed by atoms with Crippen molar-refractivity contribution in [2.75, 3.05) is 20.7 Å². The largest absolute Gasteiger partial charge is 0.497 e. The standard InChI is InChI=1S/C27H32N2O4/c1-15(28-23(31)12-16-4-7-18(32-3)8-5-16)19-14-20-21-13-17-6-9-22(30)25-24(17)27(20,26(19)33-25)10-11-29(21)2/h4-9,14-15,20-22,25-26,30H,10-13H2,1-3H3,(H,28,31). The molecule has 1 aromatic rings. The van der Waals surface area contributed by atoms with Crippen LogP contribution >= 0.6 is 0 Å². The second-order valence-electron chi connectivity index (χ2n) is 10.3. The summed E-state index contributed by atoms with van der Waals surface area (Å²) in [4.78, 5) is 15.4. The number of allylic oxidation sites excluding steroid dienone is 1. The summed E-state index contributed by atoms with van der Waals surface area (Å²) in [6.07, 6.45) is 7.83. The quantitative estimate of drug-likeness (QED) is 0.677. The van der Waals surface area contributed by atoms with E-state index < -0.39 is 6.10 Å². The van der Waals surface area contributed by atoms with Crippen LogP contribution in [0.25, 0.3) is 0 Å². The number of nitrogens with one attached hydrogen (secondary N) is 1. The predicted molar refractivity (Wildman–Crippen MR) is 125 cm³/mol. The Balaban J connectivity index is 1.26. The Morgan fingerprint density at radius 2 is 2.15 bits per heavy atom. The van der Waals surface area contributed by atoms with Crippen LogP contribution in [0, 0.1) is 11.3 Å².